The average molecular weight is 444 g/mol. The van der Waals surface area contributed by atoms with E-state index in [-0.39, 0.29) is 18.0 Å². The number of nitriles is 1. The van der Waals surface area contributed by atoms with Crippen molar-refractivity contribution in [2.75, 3.05) is 37.3 Å². The van der Waals surface area contributed by atoms with E-state index in [9.17, 15) is 5.26 Å². The van der Waals surface area contributed by atoms with Gasteiger partial charge in [0.15, 0.2) is 5.65 Å². The molecule has 10 nitrogen and oxygen atoms in total. The van der Waals surface area contributed by atoms with Crippen LogP contribution in [0.25, 0.3) is 5.65 Å². The Morgan fingerprint density at radius 2 is 2.19 bits per heavy atom. The largest absolute Gasteiger partial charge is 0.395 e. The number of hydrogen-bond acceptors (Lipinski definition) is 8. The van der Waals surface area contributed by atoms with E-state index in [1.165, 1.54) is 10.9 Å². The fraction of sp³-hybridized carbons (Fsp3) is 0.500. The lowest BCUT2D eigenvalue weighted by Gasteiger charge is -2.37. The van der Waals surface area contributed by atoms with Crippen LogP contribution in [-0.4, -0.2) is 55.7 Å². The first-order valence-corrected chi connectivity index (χ1v) is 10.7. The molecule has 5 N–H and O–H groups in total. The third kappa shape index (κ3) is 4.17. The number of halogens is 1. The highest BCUT2D eigenvalue weighted by atomic mass is 35.5. The second-order valence-corrected chi connectivity index (χ2v) is 8.14. The molecule has 0 aliphatic heterocycles. The Bertz CT molecular complexity index is 1120. The quantitative estimate of drug-likeness (QED) is 0.365. The summed E-state index contributed by atoms with van der Waals surface area (Å²) in [6.45, 7) is 3.99. The summed E-state index contributed by atoms with van der Waals surface area (Å²) in [5.74, 6) is 1.14. The van der Waals surface area contributed by atoms with Gasteiger partial charge in [0.2, 0.25) is 0 Å². The second kappa shape index (κ2) is 9.09. The number of aliphatic hydroxyl groups excluding tert-OH is 1. The molecule has 0 amide bonds. The minimum Gasteiger partial charge on any atom is -0.395 e. The van der Waals surface area contributed by atoms with Gasteiger partial charge in [-0.1, -0.05) is 11.6 Å². The van der Waals surface area contributed by atoms with Crippen LogP contribution >= 0.6 is 11.6 Å². The topological polar surface area (TPSA) is 142 Å². The van der Waals surface area contributed by atoms with E-state index in [1.807, 2.05) is 16.9 Å². The van der Waals surface area contributed by atoms with Crippen LogP contribution in [0.5, 0.6) is 0 Å². The molecule has 1 fully saturated rings. The molecule has 0 spiro atoms. The van der Waals surface area contributed by atoms with Gasteiger partial charge >= 0.3 is 0 Å². The van der Waals surface area contributed by atoms with Crippen LogP contribution in [-0.2, 0) is 6.42 Å². The lowest BCUT2D eigenvalue weighted by Crippen LogP contribution is -2.38. The number of nitrogens with zero attached hydrogens (tertiary/aromatic N) is 6. The van der Waals surface area contributed by atoms with E-state index in [1.54, 1.807) is 6.92 Å². The Morgan fingerprint density at radius 3 is 2.90 bits per heavy atom. The fourth-order valence-corrected chi connectivity index (χ4v) is 4.06. The van der Waals surface area contributed by atoms with Crippen molar-refractivity contribution in [3.8, 4) is 6.07 Å². The molecule has 4 rings (SSSR count). The van der Waals surface area contributed by atoms with Crippen LogP contribution in [0.4, 0.5) is 11.6 Å². The number of aromatic nitrogens is 5. The normalized spacial score (nSPS) is 18.1. The summed E-state index contributed by atoms with van der Waals surface area (Å²) < 4.78 is 3.44. The van der Waals surface area contributed by atoms with Gasteiger partial charge in [-0.2, -0.15) is 20.0 Å². The van der Waals surface area contributed by atoms with Crippen molar-refractivity contribution < 1.29 is 5.11 Å². The second-order valence-electron chi connectivity index (χ2n) is 7.76. The van der Waals surface area contributed by atoms with Crippen LogP contribution in [0.1, 0.15) is 35.8 Å². The molecule has 0 radical (unpaired) electrons. The van der Waals surface area contributed by atoms with E-state index in [2.05, 4.69) is 26.8 Å². The molecule has 164 valence electrons. The van der Waals surface area contributed by atoms with Gasteiger partial charge in [0.05, 0.1) is 24.0 Å². The molecular formula is C20H26ClN9O. The van der Waals surface area contributed by atoms with Crippen molar-refractivity contribution in [1.82, 2.24) is 29.7 Å². The summed E-state index contributed by atoms with van der Waals surface area (Å²) >= 11 is 6.27. The smallest absolute Gasteiger partial charge is 0.178 e. The maximum Gasteiger partial charge on any atom is 0.178 e. The third-order valence-corrected chi connectivity index (χ3v) is 6.21. The molecule has 1 saturated carbocycles. The van der Waals surface area contributed by atoms with Crippen molar-refractivity contribution in [2.24, 2.45) is 5.92 Å². The number of aliphatic hydroxyl groups is 1. The number of nitrogens with two attached hydrogens (primary N) is 1. The van der Waals surface area contributed by atoms with Crippen LogP contribution in [0.3, 0.4) is 0 Å². The lowest BCUT2D eigenvalue weighted by atomic mass is 9.79. The van der Waals surface area contributed by atoms with E-state index >= 15 is 0 Å². The van der Waals surface area contributed by atoms with Gasteiger partial charge in [-0.05, 0) is 31.7 Å². The third-order valence-electron chi connectivity index (χ3n) is 5.76. The first-order chi connectivity index (χ1) is 15.0. The maximum atomic E-state index is 9.53. The number of rotatable bonds is 9. The Hall–Kier alpha value is -2.87. The monoisotopic (exact) mass is 443 g/mol. The number of nitrogen functional groups attached to an aromatic ring is 1. The minimum atomic E-state index is 0.157. The van der Waals surface area contributed by atoms with Crippen molar-refractivity contribution >= 4 is 28.9 Å². The highest BCUT2D eigenvalue weighted by Gasteiger charge is 2.32. The SMILES string of the molecule is Cc1nn2c(N)c(C#N)c(NCCc3ccn(C4CCC4CNCCO)n3)nc2c1Cl. The summed E-state index contributed by atoms with van der Waals surface area (Å²) in [7, 11) is 0. The molecule has 0 saturated heterocycles. The minimum absolute atomic E-state index is 0.157. The van der Waals surface area contributed by atoms with Gasteiger partial charge in [0.1, 0.15) is 28.3 Å². The van der Waals surface area contributed by atoms with Crippen LogP contribution in [0.15, 0.2) is 12.3 Å². The lowest BCUT2D eigenvalue weighted by molar-refractivity contribution is 0.159. The first-order valence-electron chi connectivity index (χ1n) is 10.4. The van der Waals surface area contributed by atoms with Crippen molar-refractivity contribution in [3.05, 3.63) is 34.2 Å². The molecule has 3 aromatic rings. The summed E-state index contributed by atoms with van der Waals surface area (Å²) in [5, 5.41) is 34.3. The summed E-state index contributed by atoms with van der Waals surface area (Å²) in [6.07, 6.45) is 4.99. The van der Waals surface area contributed by atoms with Gasteiger partial charge in [0.25, 0.3) is 0 Å². The molecule has 0 aromatic carbocycles. The molecule has 3 aromatic heterocycles. The number of hydrogen-bond donors (Lipinski definition) is 4. The van der Waals surface area contributed by atoms with Crippen LogP contribution in [0.2, 0.25) is 5.02 Å². The van der Waals surface area contributed by atoms with E-state index in [0.717, 1.165) is 18.7 Å². The van der Waals surface area contributed by atoms with Gasteiger partial charge in [-0.25, -0.2) is 4.98 Å². The first kappa shape index (κ1) is 21.4. The molecule has 1 aliphatic carbocycles. The molecule has 0 bridgehead atoms. The molecule has 2 atom stereocenters. The number of aryl methyl sites for hydroxylation is 1. The molecule has 31 heavy (non-hydrogen) atoms. The maximum absolute atomic E-state index is 9.53. The van der Waals surface area contributed by atoms with Crippen LogP contribution < -0.4 is 16.4 Å². The molecule has 3 heterocycles. The highest BCUT2D eigenvalue weighted by molar-refractivity contribution is 6.34. The zero-order valence-corrected chi connectivity index (χ0v) is 18.1. The zero-order chi connectivity index (χ0) is 22.0. The Kier molecular flexibility index (Phi) is 6.27. The van der Waals surface area contributed by atoms with Gasteiger partial charge < -0.3 is 21.5 Å². The predicted octanol–water partition coefficient (Wildman–Crippen LogP) is 1.53. The number of fused-ring (bicyclic) bond motifs is 1. The standard InChI is InChI=1S/C20H26ClN9O/c1-12-17(21)20-26-19(15(10-22)18(23)30(20)27-12)25-6-4-14-5-8-29(28-14)16-3-2-13(16)11-24-7-9-31/h5,8,13,16,24,31H,2-4,6-7,9,11,23H2,1H3,(H,25,26). The van der Waals surface area contributed by atoms with Crippen LogP contribution in [0, 0.1) is 24.2 Å². The Morgan fingerprint density at radius 1 is 1.35 bits per heavy atom. The van der Waals surface area contributed by atoms with Gasteiger partial charge in [0, 0.05) is 32.3 Å². The van der Waals surface area contributed by atoms with E-state index in [0.29, 0.717) is 53.7 Å². The van der Waals surface area contributed by atoms with Gasteiger partial charge in [-0.15, -0.1) is 0 Å². The summed E-state index contributed by atoms with van der Waals surface area (Å²) in [4.78, 5) is 4.46. The number of anilines is 2. The zero-order valence-electron chi connectivity index (χ0n) is 17.3. The average Bonchev–Trinajstić information content (AvgIpc) is 3.30. The predicted molar refractivity (Wildman–Crippen MR) is 118 cm³/mol. The molecular weight excluding hydrogens is 418 g/mol. The Labute approximate surface area is 185 Å². The summed E-state index contributed by atoms with van der Waals surface area (Å²) in [5.41, 5.74) is 8.35. The Balaban J connectivity index is 1.40. The highest BCUT2D eigenvalue weighted by Crippen LogP contribution is 2.37. The fourth-order valence-electron chi connectivity index (χ4n) is 3.90. The molecule has 2 unspecified atom stereocenters. The molecule has 1 aliphatic rings. The van der Waals surface area contributed by atoms with E-state index < -0.39 is 0 Å². The van der Waals surface area contributed by atoms with Crippen molar-refractivity contribution in [2.45, 2.75) is 32.2 Å². The van der Waals surface area contributed by atoms with Gasteiger partial charge in [-0.3, -0.25) is 4.68 Å². The number of nitrogens with one attached hydrogen (secondary N) is 2. The summed E-state index contributed by atoms with van der Waals surface area (Å²) in [6, 6.07) is 4.52. The van der Waals surface area contributed by atoms with Crippen molar-refractivity contribution in [3.63, 3.8) is 0 Å². The van der Waals surface area contributed by atoms with E-state index in [4.69, 9.17) is 27.5 Å². The van der Waals surface area contributed by atoms with Crippen molar-refractivity contribution in [1.29, 1.82) is 5.26 Å². The molecule has 11 heteroatoms.